The van der Waals surface area contributed by atoms with Crippen molar-refractivity contribution in [3.63, 3.8) is 0 Å². The van der Waals surface area contributed by atoms with Crippen LogP contribution in [0.25, 0.3) is 10.9 Å². The van der Waals surface area contributed by atoms with E-state index in [-0.39, 0.29) is 12.2 Å². The Kier molecular flexibility index (Phi) is 3.89. The van der Waals surface area contributed by atoms with Crippen LogP contribution in [0.1, 0.15) is 15.9 Å². The Morgan fingerprint density at radius 3 is 2.57 bits per heavy atom. The molecular weight excluding hydrogens is 302 g/mol. The number of carbonyl (C=O) groups is 1. The van der Waals surface area contributed by atoms with Gasteiger partial charge in [0.2, 0.25) is 5.91 Å². The second-order valence-corrected chi connectivity index (χ2v) is 4.89. The number of carbonyl (C=O) groups excluding carboxylic acids is 1. The molecular formula is C17H12F2N2O2. The molecule has 0 aliphatic heterocycles. The van der Waals surface area contributed by atoms with Gasteiger partial charge in [-0.15, -0.1) is 0 Å². The van der Waals surface area contributed by atoms with Crippen molar-refractivity contribution < 1.29 is 18.3 Å². The predicted octanol–water partition coefficient (Wildman–Crippen LogP) is 3.19. The number of ether oxygens (including phenoxy) is 1. The summed E-state index contributed by atoms with van der Waals surface area (Å²) >= 11 is 0. The summed E-state index contributed by atoms with van der Waals surface area (Å²) in [5.74, 6) is -1.58. The van der Waals surface area contributed by atoms with Crippen molar-refractivity contribution in [3.05, 3.63) is 71.4 Å². The van der Waals surface area contributed by atoms with E-state index in [1.807, 2.05) is 0 Å². The highest BCUT2D eigenvalue weighted by molar-refractivity contribution is 6.05. The molecule has 3 rings (SSSR count). The summed E-state index contributed by atoms with van der Waals surface area (Å²) in [4.78, 5) is 15.6. The van der Waals surface area contributed by atoms with Crippen molar-refractivity contribution >= 4 is 16.8 Å². The summed E-state index contributed by atoms with van der Waals surface area (Å²) in [6.07, 6.45) is 1.48. The van der Waals surface area contributed by atoms with Gasteiger partial charge in [-0.2, -0.15) is 0 Å². The van der Waals surface area contributed by atoms with E-state index < -0.39 is 17.5 Å². The summed E-state index contributed by atoms with van der Waals surface area (Å²) in [5, 5.41) is 0.520. The molecule has 1 heterocycles. The van der Waals surface area contributed by atoms with Crippen LogP contribution in [0.2, 0.25) is 0 Å². The molecule has 0 spiro atoms. The molecule has 6 heteroatoms. The summed E-state index contributed by atoms with van der Waals surface area (Å²) in [6.45, 7) is -0.268. The van der Waals surface area contributed by atoms with Crippen LogP contribution < -0.4 is 10.5 Å². The van der Waals surface area contributed by atoms with E-state index in [0.717, 1.165) is 12.1 Å². The second kappa shape index (κ2) is 6.00. The topological polar surface area (TPSA) is 65.2 Å². The number of aromatic nitrogens is 1. The lowest BCUT2D eigenvalue weighted by atomic mass is 10.1. The van der Waals surface area contributed by atoms with Gasteiger partial charge in [-0.1, -0.05) is 6.07 Å². The Labute approximate surface area is 130 Å². The second-order valence-electron chi connectivity index (χ2n) is 4.89. The maximum Gasteiger partial charge on any atom is 0.249 e. The Morgan fingerprint density at radius 1 is 1.13 bits per heavy atom. The van der Waals surface area contributed by atoms with Crippen LogP contribution in [0.4, 0.5) is 8.78 Å². The fourth-order valence-electron chi connectivity index (χ4n) is 2.26. The van der Waals surface area contributed by atoms with E-state index in [4.69, 9.17) is 10.5 Å². The number of rotatable bonds is 4. The van der Waals surface area contributed by atoms with Crippen LogP contribution >= 0.6 is 0 Å². The molecule has 1 amide bonds. The van der Waals surface area contributed by atoms with Crippen LogP contribution in [-0.2, 0) is 6.61 Å². The average Bonchev–Trinajstić information content (AvgIpc) is 2.53. The lowest BCUT2D eigenvalue weighted by molar-refractivity contribution is 0.100. The zero-order valence-corrected chi connectivity index (χ0v) is 11.9. The summed E-state index contributed by atoms with van der Waals surface area (Å²) in [6, 6.07) is 9.95. The Balaban J connectivity index is 1.92. The normalized spacial score (nSPS) is 10.7. The molecule has 0 saturated heterocycles. The van der Waals surface area contributed by atoms with E-state index in [0.29, 0.717) is 22.2 Å². The first kappa shape index (κ1) is 14.9. The molecule has 0 fully saturated rings. The van der Waals surface area contributed by atoms with Gasteiger partial charge in [0.25, 0.3) is 0 Å². The lowest BCUT2D eigenvalue weighted by Gasteiger charge is -2.10. The van der Waals surface area contributed by atoms with Gasteiger partial charge in [0, 0.05) is 11.6 Å². The highest BCUT2D eigenvalue weighted by Crippen LogP contribution is 2.24. The third-order valence-corrected chi connectivity index (χ3v) is 3.42. The van der Waals surface area contributed by atoms with Crippen molar-refractivity contribution in [1.29, 1.82) is 0 Å². The van der Waals surface area contributed by atoms with Gasteiger partial charge in [-0.05, 0) is 36.4 Å². The molecule has 3 aromatic rings. The molecule has 0 radical (unpaired) electrons. The Morgan fingerprint density at radius 2 is 1.87 bits per heavy atom. The van der Waals surface area contributed by atoms with Crippen molar-refractivity contribution in [3.8, 4) is 5.75 Å². The van der Waals surface area contributed by atoms with Gasteiger partial charge in [0.05, 0.1) is 16.6 Å². The number of halogens is 2. The third-order valence-electron chi connectivity index (χ3n) is 3.42. The number of hydrogen-bond donors (Lipinski definition) is 1. The van der Waals surface area contributed by atoms with Gasteiger partial charge < -0.3 is 10.5 Å². The first-order chi connectivity index (χ1) is 11.1. The molecule has 2 N–H and O–H groups in total. The predicted molar refractivity (Wildman–Crippen MR) is 81.0 cm³/mol. The zero-order chi connectivity index (χ0) is 16.4. The largest absolute Gasteiger partial charge is 0.489 e. The van der Waals surface area contributed by atoms with Gasteiger partial charge in [-0.3, -0.25) is 9.78 Å². The van der Waals surface area contributed by atoms with Crippen LogP contribution in [0.5, 0.6) is 5.75 Å². The fourth-order valence-corrected chi connectivity index (χ4v) is 2.26. The molecule has 116 valence electrons. The van der Waals surface area contributed by atoms with Crippen molar-refractivity contribution in [2.24, 2.45) is 5.73 Å². The SMILES string of the molecule is NC(=O)c1ccnc2ccc(OCc3c(F)cccc3F)cc12. The molecule has 23 heavy (non-hydrogen) atoms. The summed E-state index contributed by atoms with van der Waals surface area (Å²) in [5.41, 5.74) is 6.05. The fraction of sp³-hybridized carbons (Fsp3) is 0.0588. The number of pyridine rings is 1. The van der Waals surface area contributed by atoms with Gasteiger partial charge >= 0.3 is 0 Å². The minimum absolute atomic E-state index is 0.158. The molecule has 0 bridgehead atoms. The molecule has 2 aromatic carbocycles. The standard InChI is InChI=1S/C17H12F2N2O2/c18-14-2-1-3-15(19)13(14)9-23-10-4-5-16-12(8-10)11(17(20)22)6-7-21-16/h1-8H,9H2,(H2,20,22). The molecule has 0 unspecified atom stereocenters. The van der Waals surface area contributed by atoms with E-state index in [1.54, 1.807) is 18.2 Å². The first-order valence-corrected chi connectivity index (χ1v) is 6.80. The molecule has 0 aliphatic rings. The number of benzene rings is 2. The van der Waals surface area contributed by atoms with Crippen LogP contribution in [0.15, 0.2) is 48.7 Å². The van der Waals surface area contributed by atoms with E-state index in [9.17, 15) is 13.6 Å². The molecule has 1 aromatic heterocycles. The van der Waals surface area contributed by atoms with Crippen molar-refractivity contribution in [2.45, 2.75) is 6.61 Å². The lowest BCUT2D eigenvalue weighted by Crippen LogP contribution is -2.11. The number of nitrogens with two attached hydrogens (primary N) is 1. The Hall–Kier alpha value is -3.02. The van der Waals surface area contributed by atoms with E-state index in [2.05, 4.69) is 4.98 Å². The number of hydrogen-bond acceptors (Lipinski definition) is 3. The van der Waals surface area contributed by atoms with Crippen LogP contribution in [-0.4, -0.2) is 10.9 Å². The molecule has 0 aliphatic carbocycles. The van der Waals surface area contributed by atoms with Crippen molar-refractivity contribution in [2.75, 3.05) is 0 Å². The number of fused-ring (bicyclic) bond motifs is 1. The summed E-state index contributed by atoms with van der Waals surface area (Å²) < 4.78 is 32.6. The maximum absolute atomic E-state index is 13.6. The quantitative estimate of drug-likeness (QED) is 0.804. The van der Waals surface area contributed by atoms with E-state index >= 15 is 0 Å². The van der Waals surface area contributed by atoms with Crippen LogP contribution in [0, 0.1) is 11.6 Å². The average molecular weight is 314 g/mol. The van der Waals surface area contributed by atoms with Crippen molar-refractivity contribution in [1.82, 2.24) is 4.98 Å². The third kappa shape index (κ3) is 2.96. The highest BCUT2D eigenvalue weighted by Gasteiger charge is 2.11. The van der Waals surface area contributed by atoms with Crippen LogP contribution in [0.3, 0.4) is 0 Å². The molecule has 0 saturated carbocycles. The highest BCUT2D eigenvalue weighted by atomic mass is 19.1. The van der Waals surface area contributed by atoms with Gasteiger partial charge in [0.15, 0.2) is 0 Å². The van der Waals surface area contributed by atoms with Gasteiger partial charge in [0.1, 0.15) is 24.0 Å². The minimum atomic E-state index is -0.676. The number of primary amides is 1. The van der Waals surface area contributed by atoms with Gasteiger partial charge in [-0.25, -0.2) is 8.78 Å². The molecule has 4 nitrogen and oxygen atoms in total. The smallest absolute Gasteiger partial charge is 0.249 e. The monoisotopic (exact) mass is 314 g/mol. The van der Waals surface area contributed by atoms with E-state index in [1.165, 1.54) is 18.3 Å². The first-order valence-electron chi connectivity index (χ1n) is 6.80. The number of nitrogens with zero attached hydrogens (tertiary/aromatic N) is 1. The maximum atomic E-state index is 13.6. The number of amides is 1. The Bertz CT molecular complexity index is 877. The zero-order valence-electron chi connectivity index (χ0n) is 11.9. The molecule has 0 atom stereocenters. The summed E-state index contributed by atoms with van der Waals surface area (Å²) in [7, 11) is 0. The minimum Gasteiger partial charge on any atom is -0.489 e.